The lowest BCUT2D eigenvalue weighted by Crippen LogP contribution is -2.26. The Kier molecular flexibility index (Phi) is 4.22. The number of aliphatic hydroxyl groups is 1. The molecule has 2 rings (SSSR count). The fourth-order valence-electron chi connectivity index (χ4n) is 1.50. The first kappa shape index (κ1) is 12.5. The summed E-state index contributed by atoms with van der Waals surface area (Å²) >= 11 is 0. The highest BCUT2D eigenvalue weighted by Gasteiger charge is 2.03. The van der Waals surface area contributed by atoms with Gasteiger partial charge in [-0.05, 0) is 30.2 Å². The summed E-state index contributed by atoms with van der Waals surface area (Å²) in [7, 11) is 0. The molecule has 0 aliphatic rings. The lowest BCUT2D eigenvalue weighted by Gasteiger charge is -2.08. The third kappa shape index (κ3) is 3.51. The maximum atomic E-state index is 8.88. The van der Waals surface area contributed by atoms with Crippen LogP contribution in [0.5, 0.6) is 11.8 Å². The summed E-state index contributed by atoms with van der Waals surface area (Å²) in [6.07, 6.45) is 3.88. The Hall–Kier alpha value is -1.98. The van der Waals surface area contributed by atoms with Crippen molar-refractivity contribution in [1.29, 1.82) is 0 Å². The van der Waals surface area contributed by atoms with E-state index in [2.05, 4.69) is 9.97 Å². The van der Waals surface area contributed by atoms with Gasteiger partial charge < -0.3 is 15.6 Å². The van der Waals surface area contributed by atoms with Gasteiger partial charge in [0.1, 0.15) is 5.75 Å². The monoisotopic (exact) mass is 245 g/mol. The molecular formula is C13H15N3O2. The van der Waals surface area contributed by atoms with Gasteiger partial charge in [0.2, 0.25) is 0 Å². The highest BCUT2D eigenvalue weighted by Crippen LogP contribution is 2.18. The van der Waals surface area contributed by atoms with E-state index in [1.54, 1.807) is 18.5 Å². The first-order valence-corrected chi connectivity index (χ1v) is 5.68. The lowest BCUT2D eigenvalue weighted by molar-refractivity contribution is 0.265. The number of nitrogens with zero attached hydrogens (tertiary/aromatic N) is 2. The zero-order valence-corrected chi connectivity index (χ0v) is 9.86. The minimum atomic E-state index is -0.228. The van der Waals surface area contributed by atoms with Crippen LogP contribution < -0.4 is 10.5 Å². The maximum absolute atomic E-state index is 8.88. The average molecular weight is 245 g/mol. The van der Waals surface area contributed by atoms with Gasteiger partial charge in [-0.3, -0.25) is 0 Å². The standard InChI is InChI=1S/C13H15N3O2/c14-11(9-17)8-10-2-4-12(5-3-10)18-13-15-6-1-7-16-13/h1-7,11,17H,8-9,14H2/t11-/m0/s1. The second-order valence-electron chi connectivity index (χ2n) is 3.92. The Morgan fingerprint density at radius 1 is 1.17 bits per heavy atom. The van der Waals surface area contributed by atoms with Crippen LogP contribution in [-0.4, -0.2) is 27.7 Å². The predicted molar refractivity (Wildman–Crippen MR) is 67.3 cm³/mol. The largest absolute Gasteiger partial charge is 0.424 e. The number of benzene rings is 1. The number of aliphatic hydroxyl groups excluding tert-OH is 1. The van der Waals surface area contributed by atoms with Gasteiger partial charge in [-0.1, -0.05) is 12.1 Å². The van der Waals surface area contributed by atoms with Crippen LogP contribution >= 0.6 is 0 Å². The molecule has 0 aliphatic carbocycles. The Labute approximate surface area is 105 Å². The number of nitrogens with two attached hydrogens (primary N) is 1. The van der Waals surface area contributed by atoms with Crippen LogP contribution in [-0.2, 0) is 6.42 Å². The molecule has 5 heteroatoms. The molecule has 3 N–H and O–H groups in total. The number of hydrogen-bond donors (Lipinski definition) is 2. The molecule has 94 valence electrons. The zero-order valence-electron chi connectivity index (χ0n) is 9.86. The van der Waals surface area contributed by atoms with Crippen LogP contribution in [0.15, 0.2) is 42.7 Å². The summed E-state index contributed by atoms with van der Waals surface area (Å²) in [6, 6.07) is 9.30. The molecule has 2 aromatic rings. The molecule has 5 nitrogen and oxygen atoms in total. The molecule has 0 fully saturated rings. The third-order valence-electron chi connectivity index (χ3n) is 2.41. The van der Waals surface area contributed by atoms with Crippen LogP contribution in [0.1, 0.15) is 5.56 Å². The lowest BCUT2D eigenvalue weighted by atomic mass is 10.1. The van der Waals surface area contributed by atoms with E-state index < -0.39 is 0 Å². The number of hydrogen-bond acceptors (Lipinski definition) is 5. The summed E-state index contributed by atoms with van der Waals surface area (Å²) < 4.78 is 5.46. The molecule has 0 radical (unpaired) electrons. The minimum Gasteiger partial charge on any atom is -0.424 e. The Morgan fingerprint density at radius 3 is 2.44 bits per heavy atom. The van der Waals surface area contributed by atoms with E-state index in [0.717, 1.165) is 5.56 Å². The first-order chi connectivity index (χ1) is 8.78. The van der Waals surface area contributed by atoms with Crippen molar-refractivity contribution in [2.75, 3.05) is 6.61 Å². The molecule has 1 atom stereocenters. The molecule has 1 aromatic carbocycles. The van der Waals surface area contributed by atoms with E-state index in [0.29, 0.717) is 18.2 Å². The minimum absolute atomic E-state index is 0.0178. The number of ether oxygens (including phenoxy) is 1. The Morgan fingerprint density at radius 2 is 1.83 bits per heavy atom. The highest BCUT2D eigenvalue weighted by molar-refractivity contribution is 5.29. The van der Waals surface area contributed by atoms with E-state index >= 15 is 0 Å². The fraction of sp³-hybridized carbons (Fsp3) is 0.231. The van der Waals surface area contributed by atoms with Crippen molar-refractivity contribution < 1.29 is 9.84 Å². The smallest absolute Gasteiger partial charge is 0.321 e. The SMILES string of the molecule is N[C@H](CO)Cc1ccc(Oc2ncccn2)cc1. The average Bonchev–Trinajstić information content (AvgIpc) is 2.42. The van der Waals surface area contributed by atoms with Crippen LogP contribution in [0, 0.1) is 0 Å². The van der Waals surface area contributed by atoms with Crippen LogP contribution in [0.2, 0.25) is 0 Å². The molecule has 0 saturated heterocycles. The van der Waals surface area contributed by atoms with Crippen molar-refractivity contribution in [3.63, 3.8) is 0 Å². The molecular weight excluding hydrogens is 230 g/mol. The van der Waals surface area contributed by atoms with Gasteiger partial charge in [0, 0.05) is 18.4 Å². The molecule has 1 aromatic heterocycles. The fourth-order valence-corrected chi connectivity index (χ4v) is 1.50. The van der Waals surface area contributed by atoms with Gasteiger partial charge >= 0.3 is 6.01 Å². The van der Waals surface area contributed by atoms with Gasteiger partial charge in [-0.25, -0.2) is 9.97 Å². The summed E-state index contributed by atoms with van der Waals surface area (Å²) in [5.41, 5.74) is 6.72. The van der Waals surface area contributed by atoms with Crippen molar-refractivity contribution in [2.45, 2.75) is 12.5 Å². The highest BCUT2D eigenvalue weighted by atomic mass is 16.5. The second kappa shape index (κ2) is 6.09. The van der Waals surface area contributed by atoms with Gasteiger partial charge in [0.05, 0.1) is 6.61 Å². The molecule has 0 aliphatic heterocycles. The summed E-state index contributed by atoms with van der Waals surface area (Å²) in [5.74, 6) is 0.669. The van der Waals surface area contributed by atoms with Gasteiger partial charge in [0.15, 0.2) is 0 Å². The third-order valence-corrected chi connectivity index (χ3v) is 2.41. The van der Waals surface area contributed by atoms with Crippen molar-refractivity contribution >= 4 is 0 Å². The summed E-state index contributed by atoms with van der Waals surface area (Å²) in [4.78, 5) is 7.94. The quantitative estimate of drug-likeness (QED) is 0.825. The summed E-state index contributed by atoms with van der Waals surface area (Å²) in [6.45, 7) is -0.0178. The van der Waals surface area contributed by atoms with E-state index in [-0.39, 0.29) is 12.6 Å². The van der Waals surface area contributed by atoms with Crippen LogP contribution in [0.3, 0.4) is 0 Å². The normalized spacial score (nSPS) is 12.1. The predicted octanol–water partition coefficient (Wildman–Crippen LogP) is 1.13. The van der Waals surface area contributed by atoms with E-state index in [4.69, 9.17) is 15.6 Å². The van der Waals surface area contributed by atoms with Crippen molar-refractivity contribution in [3.05, 3.63) is 48.3 Å². The first-order valence-electron chi connectivity index (χ1n) is 5.68. The van der Waals surface area contributed by atoms with Gasteiger partial charge in [-0.2, -0.15) is 0 Å². The summed E-state index contributed by atoms with van der Waals surface area (Å²) in [5, 5.41) is 8.88. The topological polar surface area (TPSA) is 81.3 Å². The number of aromatic nitrogens is 2. The van der Waals surface area contributed by atoms with Crippen LogP contribution in [0.25, 0.3) is 0 Å². The number of rotatable bonds is 5. The molecule has 1 heterocycles. The Balaban J connectivity index is 2.00. The second-order valence-corrected chi connectivity index (χ2v) is 3.92. The van der Waals surface area contributed by atoms with E-state index in [9.17, 15) is 0 Å². The van der Waals surface area contributed by atoms with Crippen molar-refractivity contribution in [1.82, 2.24) is 9.97 Å². The van der Waals surface area contributed by atoms with Gasteiger partial charge in [0.25, 0.3) is 0 Å². The molecule has 0 bridgehead atoms. The van der Waals surface area contributed by atoms with Crippen LogP contribution in [0.4, 0.5) is 0 Å². The maximum Gasteiger partial charge on any atom is 0.321 e. The zero-order chi connectivity index (χ0) is 12.8. The molecule has 0 spiro atoms. The molecule has 0 unspecified atom stereocenters. The van der Waals surface area contributed by atoms with Gasteiger partial charge in [-0.15, -0.1) is 0 Å². The molecule has 18 heavy (non-hydrogen) atoms. The van der Waals surface area contributed by atoms with E-state index in [1.807, 2.05) is 24.3 Å². The molecule has 0 amide bonds. The van der Waals surface area contributed by atoms with E-state index in [1.165, 1.54) is 0 Å². The Bertz CT molecular complexity index is 473. The van der Waals surface area contributed by atoms with Crippen molar-refractivity contribution in [3.8, 4) is 11.8 Å². The van der Waals surface area contributed by atoms with Crippen molar-refractivity contribution in [2.24, 2.45) is 5.73 Å². The molecule has 0 saturated carbocycles.